The molecule has 10 heteroatoms. The zero-order valence-corrected chi connectivity index (χ0v) is 13.6. The van der Waals surface area contributed by atoms with Gasteiger partial charge in [-0.15, -0.1) is 0 Å². The highest BCUT2D eigenvalue weighted by Crippen LogP contribution is 2.29. The van der Waals surface area contributed by atoms with E-state index in [1.165, 1.54) is 0 Å². The predicted molar refractivity (Wildman–Crippen MR) is 73.1 cm³/mol. The Morgan fingerprint density at radius 2 is 1.17 bits per heavy atom. The van der Waals surface area contributed by atoms with Gasteiger partial charge in [0.05, 0.1) is 0 Å². The van der Waals surface area contributed by atoms with Crippen LogP contribution in [-0.4, -0.2) is 61.3 Å². The Bertz CT molecular complexity index is 506. The maximum Gasteiger partial charge on any atom is 0.305 e. The monoisotopic (exact) mass is 350 g/mol. The van der Waals surface area contributed by atoms with Crippen LogP contribution in [0.1, 0.15) is 27.7 Å². The maximum atomic E-state index is 13.3. The zero-order chi connectivity index (χ0) is 18.4. The molecule has 0 aromatic heterocycles. The molecule has 0 saturated carbocycles. The molecule has 1 fully saturated rings. The first-order chi connectivity index (χ1) is 11.1. The molecule has 136 valence electrons. The van der Waals surface area contributed by atoms with Crippen molar-refractivity contribution in [1.29, 1.82) is 0 Å². The zero-order valence-electron chi connectivity index (χ0n) is 13.6. The third-order valence-electron chi connectivity index (χ3n) is 2.93. The van der Waals surface area contributed by atoms with E-state index in [0.717, 1.165) is 27.7 Å². The Morgan fingerprint density at radius 1 is 0.750 bits per heavy atom. The number of halogens is 1. The molecular weight excluding hydrogens is 331 g/mol. The van der Waals surface area contributed by atoms with Gasteiger partial charge in [0, 0.05) is 27.7 Å². The van der Waals surface area contributed by atoms with Gasteiger partial charge in [0.2, 0.25) is 12.4 Å². The summed E-state index contributed by atoms with van der Waals surface area (Å²) < 4.78 is 38.4. The first-order valence-electron chi connectivity index (χ1n) is 7.06. The van der Waals surface area contributed by atoms with E-state index in [9.17, 15) is 23.6 Å². The van der Waals surface area contributed by atoms with Crippen molar-refractivity contribution in [3.8, 4) is 0 Å². The quantitative estimate of drug-likeness (QED) is 0.500. The second-order valence-electron chi connectivity index (χ2n) is 5.03. The van der Waals surface area contributed by atoms with Gasteiger partial charge in [0.1, 0.15) is 12.8 Å². The number of carbonyl (C=O) groups excluding carboxylic acids is 4. The van der Waals surface area contributed by atoms with Crippen molar-refractivity contribution < 1.29 is 47.3 Å². The summed E-state index contributed by atoms with van der Waals surface area (Å²) in [6, 6.07) is 0. The summed E-state index contributed by atoms with van der Waals surface area (Å²) in [7, 11) is 0. The molecule has 5 atom stereocenters. The van der Waals surface area contributed by atoms with E-state index in [4.69, 9.17) is 23.7 Å². The van der Waals surface area contributed by atoms with Crippen molar-refractivity contribution >= 4 is 23.9 Å². The molecule has 0 aromatic carbocycles. The molecule has 0 bridgehead atoms. The summed E-state index contributed by atoms with van der Waals surface area (Å²) in [4.78, 5) is 45.1. The fourth-order valence-electron chi connectivity index (χ4n) is 2.24. The lowest BCUT2D eigenvalue weighted by Gasteiger charge is -2.43. The number of esters is 4. The van der Waals surface area contributed by atoms with E-state index in [0.29, 0.717) is 0 Å². The molecule has 9 nitrogen and oxygen atoms in total. The molecule has 1 heterocycles. The molecule has 0 aromatic rings. The highest BCUT2D eigenvalue weighted by molar-refractivity contribution is 5.69. The Morgan fingerprint density at radius 3 is 1.58 bits per heavy atom. The smallest absolute Gasteiger partial charge is 0.305 e. The van der Waals surface area contributed by atoms with Crippen LogP contribution in [0.25, 0.3) is 0 Å². The maximum absolute atomic E-state index is 13.3. The third-order valence-corrected chi connectivity index (χ3v) is 2.93. The first-order valence-corrected chi connectivity index (χ1v) is 7.06. The molecule has 0 unspecified atom stereocenters. The van der Waals surface area contributed by atoms with Gasteiger partial charge in [0.15, 0.2) is 12.2 Å². The van der Waals surface area contributed by atoms with Gasteiger partial charge in [0.25, 0.3) is 0 Å². The van der Waals surface area contributed by atoms with E-state index in [-0.39, 0.29) is 0 Å². The van der Waals surface area contributed by atoms with Crippen molar-refractivity contribution in [3.63, 3.8) is 0 Å². The van der Waals surface area contributed by atoms with E-state index in [1.807, 2.05) is 0 Å². The molecule has 1 saturated heterocycles. The summed E-state index contributed by atoms with van der Waals surface area (Å²) in [5.74, 6) is -3.16. The molecule has 0 amide bonds. The van der Waals surface area contributed by atoms with Crippen molar-refractivity contribution in [2.24, 2.45) is 0 Å². The molecule has 0 aliphatic carbocycles. The number of ether oxygens (including phenoxy) is 5. The topological polar surface area (TPSA) is 114 Å². The van der Waals surface area contributed by atoms with Crippen LogP contribution in [0.2, 0.25) is 0 Å². The van der Waals surface area contributed by atoms with E-state index in [2.05, 4.69) is 0 Å². The summed E-state index contributed by atoms with van der Waals surface area (Å²) in [5.41, 5.74) is 0. The highest BCUT2D eigenvalue weighted by Gasteiger charge is 2.53. The lowest BCUT2D eigenvalue weighted by atomic mass is 9.98. The van der Waals surface area contributed by atoms with Gasteiger partial charge in [-0.05, 0) is 0 Å². The summed E-state index contributed by atoms with van der Waals surface area (Å²) in [6.45, 7) is 3.14. The fourth-order valence-corrected chi connectivity index (χ4v) is 2.24. The average molecular weight is 350 g/mol. The van der Waals surface area contributed by atoms with Crippen LogP contribution < -0.4 is 0 Å². The van der Waals surface area contributed by atoms with Gasteiger partial charge < -0.3 is 23.7 Å². The van der Waals surface area contributed by atoms with Gasteiger partial charge in [-0.2, -0.15) is 0 Å². The van der Waals surface area contributed by atoms with Crippen LogP contribution in [0.3, 0.4) is 0 Å². The minimum absolute atomic E-state index is 0.785. The van der Waals surface area contributed by atoms with Gasteiger partial charge in [-0.1, -0.05) is 0 Å². The standard InChI is InChI=1S/C14H19FO9/c1-6(16)20-11-10(5-15)24-14(23-9(4)19)13(22-8(3)18)12(11)21-7(2)17/h10-14H,5H2,1-4H3/t10-,11-,12+,13-,14-/m1/s1. The Hall–Kier alpha value is -2.23. The number of carbonyl (C=O) groups is 4. The van der Waals surface area contributed by atoms with Crippen LogP contribution in [0.4, 0.5) is 4.39 Å². The second kappa shape index (κ2) is 8.57. The summed E-state index contributed by atoms with van der Waals surface area (Å²) in [5, 5.41) is 0. The Labute approximate surface area is 137 Å². The summed E-state index contributed by atoms with van der Waals surface area (Å²) in [6.07, 6.45) is -7.12. The van der Waals surface area contributed by atoms with Gasteiger partial charge in [-0.25, -0.2) is 4.39 Å². The predicted octanol–water partition coefficient (Wildman–Crippen LogP) is 0.0390. The molecule has 0 radical (unpaired) electrons. The highest BCUT2D eigenvalue weighted by atomic mass is 19.1. The van der Waals surface area contributed by atoms with Crippen molar-refractivity contribution in [2.45, 2.75) is 58.4 Å². The molecule has 24 heavy (non-hydrogen) atoms. The number of alkyl halides is 1. The number of hydrogen-bond acceptors (Lipinski definition) is 9. The summed E-state index contributed by atoms with van der Waals surface area (Å²) >= 11 is 0. The lowest BCUT2D eigenvalue weighted by molar-refractivity contribution is -0.297. The van der Waals surface area contributed by atoms with E-state index >= 15 is 0 Å². The number of hydrogen-bond donors (Lipinski definition) is 0. The van der Waals surface area contributed by atoms with Crippen LogP contribution in [0.5, 0.6) is 0 Å². The lowest BCUT2D eigenvalue weighted by Crippen LogP contribution is -2.62. The first kappa shape index (κ1) is 19.8. The Kier molecular flexibility index (Phi) is 7.08. The molecule has 0 spiro atoms. The van der Waals surface area contributed by atoms with Crippen LogP contribution >= 0.6 is 0 Å². The molecule has 0 N–H and O–H groups in total. The van der Waals surface area contributed by atoms with Crippen LogP contribution in [-0.2, 0) is 42.9 Å². The average Bonchev–Trinajstić information content (AvgIpc) is 2.42. The fraction of sp³-hybridized carbons (Fsp3) is 0.714. The molecule has 1 aliphatic rings. The SMILES string of the molecule is CC(=O)O[C@@H]1O[C@H](CF)[C@@H](OC(C)=O)[C@H](OC(C)=O)[C@H]1OC(C)=O. The molecule has 1 rings (SSSR count). The van der Waals surface area contributed by atoms with E-state index < -0.39 is 61.3 Å². The third kappa shape index (κ3) is 5.44. The minimum atomic E-state index is -1.52. The largest absolute Gasteiger partial charge is 0.456 e. The van der Waals surface area contributed by atoms with Crippen LogP contribution in [0, 0.1) is 0 Å². The van der Waals surface area contributed by atoms with Crippen molar-refractivity contribution in [3.05, 3.63) is 0 Å². The van der Waals surface area contributed by atoms with Crippen molar-refractivity contribution in [2.75, 3.05) is 6.67 Å². The van der Waals surface area contributed by atoms with Crippen LogP contribution in [0.15, 0.2) is 0 Å². The minimum Gasteiger partial charge on any atom is -0.456 e. The molecular formula is C14H19FO9. The van der Waals surface area contributed by atoms with Gasteiger partial charge in [-0.3, -0.25) is 19.2 Å². The number of rotatable bonds is 5. The van der Waals surface area contributed by atoms with E-state index in [1.54, 1.807) is 0 Å². The normalized spacial score (nSPS) is 29.3. The van der Waals surface area contributed by atoms with Gasteiger partial charge >= 0.3 is 23.9 Å². The van der Waals surface area contributed by atoms with Crippen molar-refractivity contribution in [1.82, 2.24) is 0 Å². The molecule has 1 aliphatic heterocycles. The second-order valence-corrected chi connectivity index (χ2v) is 5.03. The Balaban J connectivity index is 3.23.